The Morgan fingerprint density at radius 1 is 1.45 bits per heavy atom. The lowest BCUT2D eigenvalue weighted by Gasteiger charge is -2.01. The summed E-state index contributed by atoms with van der Waals surface area (Å²) in [5.74, 6) is 1.40. The van der Waals surface area contributed by atoms with Crippen molar-refractivity contribution in [3.63, 3.8) is 0 Å². The van der Waals surface area contributed by atoms with Gasteiger partial charge in [-0.25, -0.2) is 0 Å². The van der Waals surface area contributed by atoms with Gasteiger partial charge in [0.2, 0.25) is 0 Å². The summed E-state index contributed by atoms with van der Waals surface area (Å²) in [6.07, 6.45) is 0.554. The van der Waals surface area contributed by atoms with Crippen molar-refractivity contribution < 1.29 is 8.60 Å². The maximum atomic E-state index is 11.5. The summed E-state index contributed by atoms with van der Waals surface area (Å²) in [7, 11) is -0.689. The van der Waals surface area contributed by atoms with Gasteiger partial charge in [-0.05, 0) is 13.0 Å². The van der Waals surface area contributed by atoms with Crippen molar-refractivity contribution in [2.75, 3.05) is 31.3 Å². The van der Waals surface area contributed by atoms with Crippen molar-refractivity contribution in [3.05, 3.63) is 0 Å². The fourth-order valence-electron chi connectivity index (χ4n) is 0.647. The van der Waals surface area contributed by atoms with Crippen LogP contribution in [-0.2, 0) is 10.8 Å². The van der Waals surface area contributed by atoms with Crippen LogP contribution < -0.4 is 5.32 Å². The molecule has 0 saturated carbocycles. The van der Waals surface area contributed by atoms with E-state index in [-0.39, 0.29) is 6.67 Å². The largest absolute Gasteiger partial charge is 0.316 e. The monoisotopic (exact) mass is 181 g/mol. The van der Waals surface area contributed by atoms with Gasteiger partial charge in [0, 0.05) is 28.9 Å². The molecule has 0 bridgehead atoms. The minimum atomic E-state index is -0.689. The van der Waals surface area contributed by atoms with E-state index in [2.05, 4.69) is 5.32 Å². The molecule has 0 aromatic carbocycles. The van der Waals surface area contributed by atoms with E-state index in [9.17, 15) is 8.60 Å². The molecule has 0 aliphatic heterocycles. The predicted octanol–water partition coefficient (Wildman–Crippen LogP) is 0.704. The van der Waals surface area contributed by atoms with Crippen molar-refractivity contribution in [2.45, 2.75) is 13.3 Å². The molecule has 1 unspecified atom stereocenters. The third-order valence-electron chi connectivity index (χ3n) is 1.32. The van der Waals surface area contributed by atoms with E-state index in [1.807, 2.05) is 6.92 Å². The summed E-state index contributed by atoms with van der Waals surface area (Å²) in [6, 6.07) is 0. The van der Waals surface area contributed by atoms with Crippen LogP contribution in [0.4, 0.5) is 4.39 Å². The summed E-state index contributed by atoms with van der Waals surface area (Å²) in [5, 5.41) is 3.02. The lowest BCUT2D eigenvalue weighted by Crippen LogP contribution is -2.22. The quantitative estimate of drug-likeness (QED) is 0.586. The Morgan fingerprint density at radius 2 is 2.18 bits per heavy atom. The molecule has 0 aromatic heterocycles. The Kier molecular flexibility index (Phi) is 8.17. The molecule has 2 nitrogen and oxygen atoms in total. The second kappa shape index (κ2) is 8.14. The lowest BCUT2D eigenvalue weighted by atomic mass is 10.5. The van der Waals surface area contributed by atoms with Crippen LogP contribution in [0.15, 0.2) is 0 Å². The van der Waals surface area contributed by atoms with Crippen molar-refractivity contribution in [2.24, 2.45) is 0 Å². The first-order valence-corrected chi connectivity index (χ1v) is 5.41. The highest BCUT2D eigenvalue weighted by molar-refractivity contribution is 7.84. The van der Waals surface area contributed by atoms with Crippen LogP contribution in [0.3, 0.4) is 0 Å². The third kappa shape index (κ3) is 7.94. The van der Waals surface area contributed by atoms with Crippen LogP contribution in [0, 0.1) is 0 Å². The van der Waals surface area contributed by atoms with Crippen LogP contribution in [0.5, 0.6) is 0 Å². The third-order valence-corrected chi connectivity index (χ3v) is 2.62. The fraction of sp³-hybridized carbons (Fsp3) is 1.00. The SMILES string of the molecule is CCS(=O)CCNCCCF. The first-order chi connectivity index (χ1) is 5.31. The van der Waals surface area contributed by atoms with Gasteiger partial charge in [-0.3, -0.25) is 8.60 Å². The number of halogens is 1. The first-order valence-electron chi connectivity index (χ1n) is 3.93. The summed E-state index contributed by atoms with van der Waals surface area (Å²) < 4.78 is 22.4. The van der Waals surface area contributed by atoms with Crippen molar-refractivity contribution in [1.29, 1.82) is 0 Å². The molecule has 0 aliphatic carbocycles. The van der Waals surface area contributed by atoms with Crippen LogP contribution in [0.25, 0.3) is 0 Å². The van der Waals surface area contributed by atoms with Crippen molar-refractivity contribution >= 4 is 10.8 Å². The van der Waals surface area contributed by atoms with Gasteiger partial charge in [0.1, 0.15) is 0 Å². The molecular weight excluding hydrogens is 165 g/mol. The van der Waals surface area contributed by atoms with Crippen molar-refractivity contribution in [3.8, 4) is 0 Å². The highest BCUT2D eigenvalue weighted by Crippen LogP contribution is 1.80. The summed E-state index contributed by atoms with van der Waals surface area (Å²) in [6.45, 7) is 3.05. The molecule has 0 rings (SSSR count). The Bertz CT molecular complexity index is 111. The standard InChI is InChI=1S/C7H16FNOS/c1-2-11(10)7-6-9-5-3-4-8/h9H,2-7H2,1H3. The fourth-order valence-corrected chi connectivity index (χ4v) is 1.31. The van der Waals surface area contributed by atoms with Gasteiger partial charge in [-0.2, -0.15) is 0 Å². The zero-order valence-electron chi connectivity index (χ0n) is 6.94. The van der Waals surface area contributed by atoms with Gasteiger partial charge < -0.3 is 5.32 Å². The average Bonchev–Trinajstić information content (AvgIpc) is 2.04. The van der Waals surface area contributed by atoms with E-state index < -0.39 is 10.8 Å². The smallest absolute Gasteiger partial charge is 0.0906 e. The second-order valence-corrected chi connectivity index (χ2v) is 4.09. The number of nitrogens with one attached hydrogen (secondary N) is 1. The molecule has 11 heavy (non-hydrogen) atoms. The molecule has 0 amide bonds. The minimum absolute atomic E-state index is 0.274. The molecule has 0 heterocycles. The molecule has 0 spiro atoms. The van der Waals surface area contributed by atoms with E-state index in [1.54, 1.807) is 0 Å². The van der Waals surface area contributed by atoms with Gasteiger partial charge >= 0.3 is 0 Å². The van der Waals surface area contributed by atoms with Crippen LogP contribution in [0.1, 0.15) is 13.3 Å². The molecule has 4 heteroatoms. The van der Waals surface area contributed by atoms with E-state index >= 15 is 0 Å². The van der Waals surface area contributed by atoms with Gasteiger partial charge in [0.15, 0.2) is 0 Å². The van der Waals surface area contributed by atoms with E-state index in [4.69, 9.17) is 0 Å². The predicted molar refractivity (Wildman–Crippen MR) is 47.0 cm³/mol. The van der Waals surface area contributed by atoms with E-state index in [0.717, 1.165) is 6.54 Å². The summed E-state index contributed by atoms with van der Waals surface area (Å²) in [4.78, 5) is 0. The molecule has 0 aliphatic rings. The number of rotatable bonds is 7. The first kappa shape index (κ1) is 11.0. The summed E-state index contributed by atoms with van der Waals surface area (Å²) >= 11 is 0. The molecule has 1 atom stereocenters. The van der Waals surface area contributed by atoms with Crippen LogP contribution in [0.2, 0.25) is 0 Å². The lowest BCUT2D eigenvalue weighted by molar-refractivity contribution is 0.462. The molecule has 0 saturated heterocycles. The zero-order chi connectivity index (χ0) is 8.53. The van der Waals surface area contributed by atoms with E-state index in [0.29, 0.717) is 24.5 Å². The van der Waals surface area contributed by atoms with Gasteiger partial charge in [-0.1, -0.05) is 6.92 Å². The average molecular weight is 181 g/mol. The zero-order valence-corrected chi connectivity index (χ0v) is 7.75. The Balaban J connectivity index is 2.95. The van der Waals surface area contributed by atoms with Gasteiger partial charge in [0.05, 0.1) is 6.67 Å². The normalized spacial score (nSPS) is 13.3. The van der Waals surface area contributed by atoms with Crippen LogP contribution >= 0.6 is 0 Å². The molecule has 0 radical (unpaired) electrons. The highest BCUT2D eigenvalue weighted by Gasteiger charge is 1.93. The Labute approximate surface area is 70.0 Å². The Morgan fingerprint density at radius 3 is 2.73 bits per heavy atom. The number of alkyl halides is 1. The van der Waals surface area contributed by atoms with Crippen LogP contribution in [-0.4, -0.2) is 35.5 Å². The van der Waals surface area contributed by atoms with Crippen molar-refractivity contribution in [1.82, 2.24) is 5.32 Å². The van der Waals surface area contributed by atoms with E-state index in [1.165, 1.54) is 0 Å². The Hall–Kier alpha value is 0.0400. The number of hydrogen-bond donors (Lipinski definition) is 1. The molecule has 1 N–H and O–H groups in total. The molecule has 68 valence electrons. The summed E-state index contributed by atoms with van der Waals surface area (Å²) in [5.41, 5.74) is 0. The minimum Gasteiger partial charge on any atom is -0.316 e. The topological polar surface area (TPSA) is 29.1 Å². The van der Waals surface area contributed by atoms with Gasteiger partial charge in [0.25, 0.3) is 0 Å². The van der Waals surface area contributed by atoms with Gasteiger partial charge in [-0.15, -0.1) is 0 Å². The highest BCUT2D eigenvalue weighted by atomic mass is 32.2. The molecular formula is C7H16FNOS. The maximum Gasteiger partial charge on any atom is 0.0906 e. The molecule has 0 aromatic rings. The second-order valence-electron chi connectivity index (χ2n) is 2.23. The maximum absolute atomic E-state index is 11.5. The molecule has 0 fully saturated rings. The number of hydrogen-bond acceptors (Lipinski definition) is 2.